The number of aryl methyl sites for hydroxylation is 1. The molecule has 0 radical (unpaired) electrons. The lowest BCUT2D eigenvalue weighted by Gasteiger charge is -2.11. The van der Waals surface area contributed by atoms with Crippen LogP contribution in [-0.4, -0.2) is 16.5 Å². The van der Waals surface area contributed by atoms with E-state index in [9.17, 15) is 0 Å². The average molecular weight is 342 g/mol. The van der Waals surface area contributed by atoms with Crippen molar-refractivity contribution in [2.24, 2.45) is 0 Å². The van der Waals surface area contributed by atoms with E-state index in [0.29, 0.717) is 16.8 Å². The molecule has 0 aliphatic carbocycles. The number of nitrogens with one attached hydrogen (secondary N) is 2. The fourth-order valence-corrected chi connectivity index (χ4v) is 2.12. The van der Waals surface area contributed by atoms with E-state index in [1.54, 1.807) is 6.20 Å². The van der Waals surface area contributed by atoms with Crippen LogP contribution in [0.5, 0.6) is 0 Å². The number of aromatic nitrogens is 2. The van der Waals surface area contributed by atoms with Gasteiger partial charge in [-0.3, -0.25) is 0 Å². The van der Waals surface area contributed by atoms with Gasteiger partial charge >= 0.3 is 0 Å². The van der Waals surface area contributed by atoms with Crippen LogP contribution in [0.15, 0.2) is 28.9 Å². The van der Waals surface area contributed by atoms with Gasteiger partial charge in [-0.25, -0.2) is 4.98 Å². The Morgan fingerprint density at radius 1 is 1.37 bits per heavy atom. The van der Waals surface area contributed by atoms with Crippen LogP contribution in [0.1, 0.15) is 12.5 Å². The maximum absolute atomic E-state index is 6.20. The summed E-state index contributed by atoms with van der Waals surface area (Å²) in [7, 11) is 0. The van der Waals surface area contributed by atoms with Crippen molar-refractivity contribution in [1.29, 1.82) is 0 Å². The highest BCUT2D eigenvalue weighted by atomic mass is 79.9. The summed E-state index contributed by atoms with van der Waals surface area (Å²) < 4.78 is 0.783. The normalized spacial score (nSPS) is 10.3. The Kier molecular flexibility index (Phi) is 4.61. The monoisotopic (exact) mass is 340 g/mol. The van der Waals surface area contributed by atoms with Gasteiger partial charge in [-0.2, -0.15) is 4.98 Å². The van der Waals surface area contributed by atoms with E-state index in [4.69, 9.17) is 11.6 Å². The lowest BCUT2D eigenvalue weighted by atomic mass is 10.2. The molecule has 19 heavy (non-hydrogen) atoms. The molecule has 1 aromatic heterocycles. The molecule has 2 aromatic rings. The molecule has 2 N–H and O–H groups in total. The minimum Gasteiger partial charge on any atom is -0.354 e. The molecule has 0 aliphatic heterocycles. The number of rotatable bonds is 4. The molecule has 0 atom stereocenters. The molecule has 0 spiro atoms. The molecule has 100 valence electrons. The van der Waals surface area contributed by atoms with Crippen molar-refractivity contribution >= 4 is 45.0 Å². The number of nitrogens with zero attached hydrogens (tertiary/aromatic N) is 2. The van der Waals surface area contributed by atoms with Crippen LogP contribution in [0.2, 0.25) is 5.02 Å². The van der Waals surface area contributed by atoms with Gasteiger partial charge in [-0.15, -0.1) is 0 Å². The van der Waals surface area contributed by atoms with Crippen LogP contribution < -0.4 is 10.6 Å². The highest BCUT2D eigenvalue weighted by molar-refractivity contribution is 9.10. The smallest absolute Gasteiger partial charge is 0.224 e. The maximum Gasteiger partial charge on any atom is 0.224 e. The number of benzene rings is 1. The summed E-state index contributed by atoms with van der Waals surface area (Å²) in [5.74, 6) is 1.26. The Hall–Kier alpha value is -1.33. The molecule has 0 saturated heterocycles. The molecule has 0 amide bonds. The molecular formula is C13H14BrClN4. The van der Waals surface area contributed by atoms with Gasteiger partial charge in [0.1, 0.15) is 5.82 Å². The molecular weight excluding hydrogens is 328 g/mol. The largest absolute Gasteiger partial charge is 0.354 e. The van der Waals surface area contributed by atoms with Crippen molar-refractivity contribution in [1.82, 2.24) is 9.97 Å². The third kappa shape index (κ3) is 3.58. The zero-order valence-corrected chi connectivity index (χ0v) is 13.0. The number of hydrogen-bond donors (Lipinski definition) is 2. The molecule has 2 rings (SSSR count). The number of halogens is 2. The summed E-state index contributed by atoms with van der Waals surface area (Å²) in [6.07, 6.45) is 1.70. The van der Waals surface area contributed by atoms with E-state index in [0.717, 1.165) is 22.3 Å². The Labute approximate surface area is 125 Å². The van der Waals surface area contributed by atoms with E-state index in [1.165, 1.54) is 0 Å². The van der Waals surface area contributed by atoms with Crippen molar-refractivity contribution in [2.75, 3.05) is 17.2 Å². The predicted molar refractivity (Wildman–Crippen MR) is 83.4 cm³/mol. The van der Waals surface area contributed by atoms with Crippen LogP contribution >= 0.6 is 27.5 Å². The fourth-order valence-electron chi connectivity index (χ4n) is 1.55. The van der Waals surface area contributed by atoms with Gasteiger partial charge in [0, 0.05) is 12.7 Å². The van der Waals surface area contributed by atoms with Crippen molar-refractivity contribution < 1.29 is 0 Å². The Bertz CT molecular complexity index is 589. The maximum atomic E-state index is 6.20. The molecule has 0 fully saturated rings. The molecule has 0 aliphatic rings. The first kappa shape index (κ1) is 14.1. The Morgan fingerprint density at radius 3 is 2.84 bits per heavy atom. The summed E-state index contributed by atoms with van der Waals surface area (Å²) in [6, 6.07) is 5.83. The van der Waals surface area contributed by atoms with Crippen LogP contribution in [0.25, 0.3) is 0 Å². The standard InChI is InChI=1S/C13H14BrClN4/c1-3-16-13-17-7-9(14)12(19-13)18-11-5-4-8(2)6-10(11)15/h4-7H,3H2,1-2H3,(H2,16,17,18,19). The summed E-state index contributed by atoms with van der Waals surface area (Å²) in [5, 5.41) is 6.93. The number of hydrogen-bond acceptors (Lipinski definition) is 4. The zero-order chi connectivity index (χ0) is 13.8. The van der Waals surface area contributed by atoms with Crippen molar-refractivity contribution in [3.63, 3.8) is 0 Å². The zero-order valence-electron chi connectivity index (χ0n) is 10.7. The van der Waals surface area contributed by atoms with Crippen LogP contribution in [-0.2, 0) is 0 Å². The first-order valence-electron chi connectivity index (χ1n) is 5.89. The van der Waals surface area contributed by atoms with Gasteiger partial charge in [0.2, 0.25) is 5.95 Å². The number of anilines is 3. The molecule has 1 aromatic carbocycles. The van der Waals surface area contributed by atoms with Gasteiger partial charge < -0.3 is 10.6 Å². The minimum absolute atomic E-state index is 0.580. The molecule has 0 saturated carbocycles. The summed E-state index contributed by atoms with van der Waals surface area (Å²) >= 11 is 9.62. The minimum atomic E-state index is 0.580. The lowest BCUT2D eigenvalue weighted by molar-refractivity contribution is 1.08. The Balaban J connectivity index is 2.29. The third-order valence-electron chi connectivity index (χ3n) is 2.46. The van der Waals surface area contributed by atoms with E-state index >= 15 is 0 Å². The fraction of sp³-hybridized carbons (Fsp3) is 0.231. The average Bonchev–Trinajstić information content (AvgIpc) is 2.37. The van der Waals surface area contributed by atoms with Crippen LogP contribution in [0.3, 0.4) is 0 Å². The molecule has 1 heterocycles. The highest BCUT2D eigenvalue weighted by Gasteiger charge is 2.07. The second-order valence-electron chi connectivity index (χ2n) is 4.03. The van der Waals surface area contributed by atoms with E-state index in [1.807, 2.05) is 32.0 Å². The summed E-state index contributed by atoms with van der Waals surface area (Å²) in [4.78, 5) is 8.55. The van der Waals surface area contributed by atoms with Gasteiger partial charge in [-0.05, 0) is 47.5 Å². The van der Waals surface area contributed by atoms with Crippen LogP contribution in [0, 0.1) is 6.92 Å². The molecule has 6 heteroatoms. The van der Waals surface area contributed by atoms with Gasteiger partial charge in [0.05, 0.1) is 15.2 Å². The lowest BCUT2D eigenvalue weighted by Crippen LogP contribution is -2.04. The second-order valence-corrected chi connectivity index (χ2v) is 5.29. The predicted octanol–water partition coefficient (Wildman–Crippen LogP) is 4.38. The van der Waals surface area contributed by atoms with E-state index in [-0.39, 0.29) is 0 Å². The van der Waals surface area contributed by atoms with Crippen molar-refractivity contribution in [3.05, 3.63) is 39.5 Å². The third-order valence-corrected chi connectivity index (χ3v) is 3.35. The van der Waals surface area contributed by atoms with Crippen LogP contribution in [0.4, 0.5) is 17.5 Å². The van der Waals surface area contributed by atoms with Crippen molar-refractivity contribution in [2.45, 2.75) is 13.8 Å². The SMILES string of the molecule is CCNc1ncc(Br)c(Nc2ccc(C)cc2Cl)n1. The summed E-state index contributed by atoms with van der Waals surface area (Å²) in [6.45, 7) is 4.77. The molecule has 0 bridgehead atoms. The first-order valence-corrected chi connectivity index (χ1v) is 7.07. The second kappa shape index (κ2) is 6.21. The topological polar surface area (TPSA) is 49.8 Å². The molecule has 4 nitrogen and oxygen atoms in total. The van der Waals surface area contributed by atoms with E-state index in [2.05, 4.69) is 36.5 Å². The quantitative estimate of drug-likeness (QED) is 0.866. The molecule has 0 unspecified atom stereocenters. The van der Waals surface area contributed by atoms with Gasteiger partial charge in [0.15, 0.2) is 0 Å². The van der Waals surface area contributed by atoms with Crippen molar-refractivity contribution in [3.8, 4) is 0 Å². The van der Waals surface area contributed by atoms with Gasteiger partial charge in [-0.1, -0.05) is 17.7 Å². The first-order chi connectivity index (χ1) is 9.10. The van der Waals surface area contributed by atoms with E-state index < -0.39 is 0 Å². The highest BCUT2D eigenvalue weighted by Crippen LogP contribution is 2.29. The van der Waals surface area contributed by atoms with Gasteiger partial charge in [0.25, 0.3) is 0 Å². The Morgan fingerprint density at radius 2 is 2.16 bits per heavy atom. The summed E-state index contributed by atoms with van der Waals surface area (Å²) in [5.41, 5.74) is 1.93.